The molecule has 2 aromatic rings. The third-order valence-corrected chi connectivity index (χ3v) is 10.3. The van der Waals surface area contributed by atoms with Gasteiger partial charge in [-0.05, 0) is 100 Å². The fraction of sp³-hybridized carbons (Fsp3) is 0.615. The number of carbonyl (C=O) groups is 1. The molecule has 0 saturated heterocycles. The van der Waals surface area contributed by atoms with Gasteiger partial charge in [0.25, 0.3) is 0 Å². The first-order valence-corrected chi connectivity index (χ1v) is 14.3. The van der Waals surface area contributed by atoms with Gasteiger partial charge in [0, 0.05) is 18.5 Å². The molecule has 3 rings (SSSR count). The van der Waals surface area contributed by atoms with E-state index in [2.05, 4.69) is 28.6 Å². The number of carbonyl (C=O) groups excluding carboxylic acids is 1. The number of sulfone groups is 1. The van der Waals surface area contributed by atoms with Crippen molar-refractivity contribution < 1.29 is 13.2 Å². The topological polar surface area (TPSA) is 64.1 Å². The molecule has 0 aliphatic heterocycles. The molecule has 1 aliphatic rings. The van der Waals surface area contributed by atoms with Crippen LogP contribution in [-0.4, -0.2) is 29.1 Å². The molecule has 4 nitrogen and oxygen atoms in total. The molecular weight excluding hydrogens is 438 g/mol. The van der Waals surface area contributed by atoms with Gasteiger partial charge in [0.05, 0.1) is 15.4 Å². The number of hydrogen-bond acceptors (Lipinski definition) is 5. The lowest BCUT2D eigenvalue weighted by Crippen LogP contribution is -2.35. The summed E-state index contributed by atoms with van der Waals surface area (Å²) in [5, 5.41) is 0. The predicted molar refractivity (Wildman–Crippen MR) is 134 cm³/mol. The Bertz CT molecular complexity index is 967. The van der Waals surface area contributed by atoms with Gasteiger partial charge in [0.1, 0.15) is 5.78 Å². The number of aryl methyl sites for hydroxylation is 1. The molecule has 0 radical (unpaired) electrons. The largest absolute Gasteiger partial charge is 0.299 e. The van der Waals surface area contributed by atoms with E-state index in [1.807, 2.05) is 12.3 Å². The van der Waals surface area contributed by atoms with Gasteiger partial charge in [-0.3, -0.25) is 4.79 Å². The zero-order valence-electron chi connectivity index (χ0n) is 19.7. The second-order valence-corrected chi connectivity index (χ2v) is 13.8. The lowest BCUT2D eigenvalue weighted by molar-refractivity contribution is -0.124. The average Bonchev–Trinajstić information content (AvgIpc) is 3.28. The molecule has 0 atom stereocenters. The molecule has 1 aromatic carbocycles. The molecule has 0 spiro atoms. The Balaban J connectivity index is 1.34. The predicted octanol–water partition coefficient (Wildman–Crippen LogP) is 6.50. The van der Waals surface area contributed by atoms with Crippen molar-refractivity contribution in [3.8, 4) is 10.4 Å². The summed E-state index contributed by atoms with van der Waals surface area (Å²) in [6, 6.07) is 10.7. The summed E-state index contributed by atoms with van der Waals surface area (Å²) < 4.78 is 28.4. The normalized spacial score (nSPS) is 19.7. The van der Waals surface area contributed by atoms with Crippen molar-refractivity contribution in [3.63, 3.8) is 0 Å². The maximum atomic E-state index is 12.6. The van der Waals surface area contributed by atoms with Crippen LogP contribution in [0.5, 0.6) is 0 Å². The minimum Gasteiger partial charge on any atom is -0.299 e. The summed E-state index contributed by atoms with van der Waals surface area (Å²) in [5.41, 5.74) is 2.57. The van der Waals surface area contributed by atoms with E-state index >= 15 is 0 Å². The number of rotatable bonds is 10. The molecular formula is C26H37NO3S2. The highest BCUT2D eigenvalue weighted by molar-refractivity contribution is 7.92. The molecule has 0 N–H and O–H groups in total. The molecule has 6 heteroatoms. The Morgan fingerprint density at radius 2 is 1.81 bits per heavy atom. The van der Waals surface area contributed by atoms with Crippen LogP contribution in [-0.2, 0) is 21.1 Å². The van der Waals surface area contributed by atoms with E-state index < -0.39 is 14.6 Å². The zero-order chi connectivity index (χ0) is 23.2. The molecule has 1 saturated carbocycles. The number of Topliss-reactive ketones (excluding diaryl/α,β-unsaturated/α-hetero) is 1. The van der Waals surface area contributed by atoms with Crippen molar-refractivity contribution in [2.45, 2.75) is 83.3 Å². The summed E-state index contributed by atoms with van der Waals surface area (Å²) in [6.07, 6.45) is 10.1. The highest BCUT2D eigenvalue weighted by Gasteiger charge is 2.34. The second kappa shape index (κ2) is 11.1. The van der Waals surface area contributed by atoms with Gasteiger partial charge in [-0.1, -0.05) is 30.7 Å². The fourth-order valence-corrected chi connectivity index (χ4v) is 6.51. The first-order valence-electron chi connectivity index (χ1n) is 11.9. The highest BCUT2D eigenvalue weighted by atomic mass is 32.2. The maximum absolute atomic E-state index is 12.6. The van der Waals surface area contributed by atoms with Crippen molar-refractivity contribution in [3.05, 3.63) is 42.1 Å². The van der Waals surface area contributed by atoms with E-state index in [0.717, 1.165) is 51.4 Å². The molecule has 1 aliphatic carbocycles. The van der Waals surface area contributed by atoms with Gasteiger partial charge in [-0.2, -0.15) is 0 Å². The van der Waals surface area contributed by atoms with Crippen LogP contribution in [0, 0.1) is 11.8 Å². The number of unbranched alkanes of at least 4 members (excludes halogenated alkanes) is 2. The molecule has 1 fully saturated rings. The van der Waals surface area contributed by atoms with Gasteiger partial charge < -0.3 is 0 Å². The minimum atomic E-state index is -3.08. The van der Waals surface area contributed by atoms with Crippen molar-refractivity contribution in [1.29, 1.82) is 0 Å². The quantitative estimate of drug-likeness (QED) is 0.368. The van der Waals surface area contributed by atoms with Gasteiger partial charge in [0.2, 0.25) is 0 Å². The summed E-state index contributed by atoms with van der Waals surface area (Å²) >= 11 is 1.52. The molecule has 176 valence electrons. The van der Waals surface area contributed by atoms with Crippen molar-refractivity contribution in [2.75, 3.05) is 5.75 Å². The van der Waals surface area contributed by atoms with Crippen LogP contribution in [0.1, 0.15) is 77.7 Å². The van der Waals surface area contributed by atoms with E-state index in [0.29, 0.717) is 12.2 Å². The van der Waals surface area contributed by atoms with Crippen LogP contribution in [0.15, 0.2) is 36.5 Å². The lowest BCUT2D eigenvalue weighted by Gasteiger charge is -2.30. The third kappa shape index (κ3) is 6.98. The van der Waals surface area contributed by atoms with Gasteiger partial charge >= 0.3 is 0 Å². The number of nitrogens with zero attached hydrogens (tertiary/aromatic N) is 1. The summed E-state index contributed by atoms with van der Waals surface area (Å²) in [6.45, 7) is 5.32. The van der Waals surface area contributed by atoms with Crippen LogP contribution in [0.4, 0.5) is 0 Å². The SMILES string of the molecule is CC(C)(C)S(=O)(=O)CC1CCC(C(=O)CCCCCc2cccc(-c3ccns3)c2)CC1. The number of ketones is 1. The average molecular weight is 476 g/mol. The fourth-order valence-electron chi connectivity index (χ4n) is 4.47. The van der Waals surface area contributed by atoms with Gasteiger partial charge in [0.15, 0.2) is 9.84 Å². The third-order valence-electron chi connectivity index (χ3n) is 6.73. The zero-order valence-corrected chi connectivity index (χ0v) is 21.3. The summed E-state index contributed by atoms with van der Waals surface area (Å²) in [5.74, 6) is 1.000. The number of hydrogen-bond donors (Lipinski definition) is 0. The van der Waals surface area contributed by atoms with Crippen molar-refractivity contribution >= 4 is 27.2 Å². The summed E-state index contributed by atoms with van der Waals surface area (Å²) in [7, 11) is -3.08. The van der Waals surface area contributed by atoms with Crippen LogP contribution in [0.2, 0.25) is 0 Å². The van der Waals surface area contributed by atoms with Crippen LogP contribution < -0.4 is 0 Å². The Morgan fingerprint density at radius 1 is 1.06 bits per heavy atom. The van der Waals surface area contributed by atoms with Crippen LogP contribution in [0.25, 0.3) is 10.4 Å². The van der Waals surface area contributed by atoms with E-state index in [-0.39, 0.29) is 17.6 Å². The van der Waals surface area contributed by atoms with Crippen molar-refractivity contribution in [1.82, 2.24) is 4.37 Å². The van der Waals surface area contributed by atoms with Crippen LogP contribution in [0.3, 0.4) is 0 Å². The van der Waals surface area contributed by atoms with E-state index in [4.69, 9.17) is 0 Å². The van der Waals surface area contributed by atoms with E-state index in [9.17, 15) is 13.2 Å². The van der Waals surface area contributed by atoms with E-state index in [1.54, 1.807) is 20.8 Å². The minimum absolute atomic E-state index is 0.139. The Kier molecular flexibility index (Phi) is 8.68. The van der Waals surface area contributed by atoms with Crippen molar-refractivity contribution in [2.24, 2.45) is 11.8 Å². The number of aromatic nitrogens is 1. The monoisotopic (exact) mass is 475 g/mol. The van der Waals surface area contributed by atoms with Gasteiger partial charge in [-0.25, -0.2) is 12.8 Å². The molecule has 1 aromatic heterocycles. The summed E-state index contributed by atoms with van der Waals surface area (Å²) in [4.78, 5) is 13.8. The lowest BCUT2D eigenvalue weighted by atomic mass is 9.80. The molecule has 0 unspecified atom stereocenters. The molecule has 0 amide bonds. The number of benzene rings is 1. The molecule has 32 heavy (non-hydrogen) atoms. The molecule has 0 bridgehead atoms. The maximum Gasteiger partial charge on any atom is 0.155 e. The highest BCUT2D eigenvalue weighted by Crippen LogP contribution is 2.33. The molecule has 1 heterocycles. The van der Waals surface area contributed by atoms with E-state index in [1.165, 1.54) is 27.5 Å². The second-order valence-electron chi connectivity index (χ2n) is 10.2. The first-order chi connectivity index (χ1) is 15.2. The first kappa shape index (κ1) is 25.1. The smallest absolute Gasteiger partial charge is 0.155 e. The van der Waals surface area contributed by atoms with Crippen LogP contribution >= 0.6 is 11.5 Å². The van der Waals surface area contributed by atoms with Gasteiger partial charge in [-0.15, -0.1) is 0 Å². The Labute approximate surface area is 197 Å². The standard InChI is InChI=1S/C26H37NO3S2/c1-26(2,3)32(29,30)19-21-12-14-22(15-13-21)24(28)11-6-4-5-8-20-9-7-10-23(18-20)25-16-17-27-31-25/h7,9-10,16-18,21-22H,4-6,8,11-15,19H2,1-3H3. The Morgan fingerprint density at radius 3 is 2.47 bits per heavy atom. The Hall–Kier alpha value is -1.53.